The Morgan fingerprint density at radius 1 is 1.10 bits per heavy atom. The Kier molecular flexibility index (Phi) is 4.19. The van der Waals surface area contributed by atoms with Gasteiger partial charge in [-0.2, -0.15) is 5.10 Å². The summed E-state index contributed by atoms with van der Waals surface area (Å²) in [6.07, 6.45) is 4.55. The van der Waals surface area contributed by atoms with E-state index in [-0.39, 0.29) is 11.9 Å². The quantitative estimate of drug-likeness (QED) is 0.470. The number of aromatic amines is 2. The second-order valence-electron chi connectivity index (χ2n) is 8.00. The summed E-state index contributed by atoms with van der Waals surface area (Å²) in [6.45, 7) is 1.06. The van der Waals surface area contributed by atoms with Crippen LogP contribution in [-0.4, -0.2) is 34.3 Å². The third-order valence-corrected chi connectivity index (χ3v) is 6.13. The summed E-state index contributed by atoms with van der Waals surface area (Å²) in [4.78, 5) is 16.8. The molecule has 0 bridgehead atoms. The zero-order valence-electron chi connectivity index (χ0n) is 16.9. The first-order chi connectivity index (χ1) is 15.3. The van der Waals surface area contributed by atoms with E-state index in [0.29, 0.717) is 36.0 Å². The van der Waals surface area contributed by atoms with Crippen molar-refractivity contribution in [2.45, 2.75) is 25.3 Å². The van der Waals surface area contributed by atoms with E-state index in [2.05, 4.69) is 38.7 Å². The van der Waals surface area contributed by atoms with Gasteiger partial charge in [0.15, 0.2) is 11.5 Å². The summed E-state index contributed by atoms with van der Waals surface area (Å²) in [7, 11) is 0. The number of fused-ring (bicyclic) bond motifs is 4. The number of aromatic nitrogens is 3. The van der Waals surface area contributed by atoms with Crippen LogP contribution in [0.4, 0.5) is 0 Å². The van der Waals surface area contributed by atoms with Gasteiger partial charge in [0, 0.05) is 22.2 Å². The molecule has 3 heterocycles. The fraction of sp³-hybridized carbons (Fsp3) is 0.250. The molecule has 0 saturated heterocycles. The first kappa shape index (κ1) is 18.1. The van der Waals surface area contributed by atoms with Gasteiger partial charge in [-0.05, 0) is 49.1 Å². The summed E-state index contributed by atoms with van der Waals surface area (Å²) >= 11 is 0. The first-order valence-corrected chi connectivity index (χ1v) is 10.6. The molecule has 1 amide bonds. The minimum Gasteiger partial charge on any atom is -0.486 e. The largest absolute Gasteiger partial charge is 0.486 e. The van der Waals surface area contributed by atoms with Gasteiger partial charge in [0.25, 0.3) is 5.91 Å². The maximum absolute atomic E-state index is 13.2. The number of hydrogen-bond donors (Lipinski definition) is 3. The molecular formula is C24H22N4O3. The summed E-state index contributed by atoms with van der Waals surface area (Å²) < 4.78 is 11.3. The van der Waals surface area contributed by atoms with E-state index < -0.39 is 0 Å². The van der Waals surface area contributed by atoms with Gasteiger partial charge in [-0.15, -0.1) is 0 Å². The Morgan fingerprint density at radius 2 is 1.97 bits per heavy atom. The molecule has 0 fully saturated rings. The normalized spacial score (nSPS) is 17.4. The van der Waals surface area contributed by atoms with Gasteiger partial charge in [0.05, 0.1) is 23.5 Å². The Hall–Kier alpha value is -3.74. The molecule has 6 rings (SSSR count). The number of ether oxygens (including phenoxy) is 2. The van der Waals surface area contributed by atoms with Crippen molar-refractivity contribution < 1.29 is 14.3 Å². The van der Waals surface area contributed by atoms with Crippen molar-refractivity contribution in [3.8, 4) is 22.8 Å². The van der Waals surface area contributed by atoms with Crippen LogP contribution in [0, 0.1) is 0 Å². The molecule has 0 unspecified atom stereocenters. The summed E-state index contributed by atoms with van der Waals surface area (Å²) in [5, 5.41) is 11.6. The average molecular weight is 414 g/mol. The van der Waals surface area contributed by atoms with Crippen molar-refractivity contribution in [1.82, 2.24) is 20.5 Å². The van der Waals surface area contributed by atoms with E-state index in [4.69, 9.17) is 9.47 Å². The minimum absolute atomic E-state index is 0.0494. The van der Waals surface area contributed by atoms with Crippen LogP contribution in [0.2, 0.25) is 0 Å². The van der Waals surface area contributed by atoms with E-state index in [9.17, 15) is 4.79 Å². The molecule has 0 radical (unpaired) electrons. The van der Waals surface area contributed by atoms with Gasteiger partial charge in [0.1, 0.15) is 13.2 Å². The smallest absolute Gasteiger partial charge is 0.255 e. The lowest BCUT2D eigenvalue weighted by Gasteiger charge is -2.24. The van der Waals surface area contributed by atoms with Gasteiger partial charge < -0.3 is 19.8 Å². The van der Waals surface area contributed by atoms with Gasteiger partial charge in [-0.1, -0.05) is 18.2 Å². The molecule has 1 aliphatic carbocycles. The van der Waals surface area contributed by atoms with Crippen LogP contribution < -0.4 is 14.8 Å². The zero-order chi connectivity index (χ0) is 20.8. The number of nitrogens with one attached hydrogen (secondary N) is 3. The monoisotopic (exact) mass is 414 g/mol. The molecular weight excluding hydrogens is 392 g/mol. The first-order valence-electron chi connectivity index (χ1n) is 10.6. The summed E-state index contributed by atoms with van der Waals surface area (Å²) in [6, 6.07) is 13.9. The highest BCUT2D eigenvalue weighted by Crippen LogP contribution is 2.36. The van der Waals surface area contributed by atoms with Crippen molar-refractivity contribution in [3.63, 3.8) is 0 Å². The molecule has 2 aromatic heterocycles. The fourth-order valence-corrected chi connectivity index (χ4v) is 4.67. The Balaban J connectivity index is 1.30. The number of amides is 1. The van der Waals surface area contributed by atoms with Crippen LogP contribution >= 0.6 is 0 Å². The molecule has 1 atom stereocenters. The third kappa shape index (κ3) is 3.04. The molecule has 1 aliphatic heterocycles. The predicted molar refractivity (Wildman–Crippen MR) is 116 cm³/mol. The highest BCUT2D eigenvalue weighted by molar-refractivity contribution is 6.00. The standard InChI is InChI=1S/C24H22N4O3/c29-24(27-19-7-3-5-16-15-4-1-2-6-18(15)26-23(16)19)17-13-25-28-22(17)14-8-9-20-21(12-14)31-11-10-30-20/h1-2,4,6,8-9,12-13,19,26H,3,5,7,10-11H2,(H,25,28)(H,27,29)/t19-/m1/s1. The van der Waals surface area contributed by atoms with Crippen LogP contribution in [-0.2, 0) is 6.42 Å². The Labute approximate surface area is 178 Å². The van der Waals surface area contributed by atoms with E-state index in [0.717, 1.165) is 36.0 Å². The second kappa shape index (κ2) is 7.19. The highest BCUT2D eigenvalue weighted by Gasteiger charge is 2.27. The highest BCUT2D eigenvalue weighted by atomic mass is 16.6. The van der Waals surface area contributed by atoms with E-state index >= 15 is 0 Å². The van der Waals surface area contributed by atoms with Crippen molar-refractivity contribution in [2.75, 3.05) is 13.2 Å². The molecule has 0 saturated carbocycles. The number of nitrogens with zero attached hydrogens (tertiary/aromatic N) is 1. The molecule has 7 nitrogen and oxygen atoms in total. The van der Waals surface area contributed by atoms with Crippen molar-refractivity contribution in [1.29, 1.82) is 0 Å². The number of carbonyl (C=O) groups is 1. The number of rotatable bonds is 3. The molecule has 31 heavy (non-hydrogen) atoms. The molecule has 2 aromatic carbocycles. The van der Waals surface area contributed by atoms with Crippen LogP contribution in [0.25, 0.3) is 22.2 Å². The lowest BCUT2D eigenvalue weighted by molar-refractivity contribution is 0.0932. The van der Waals surface area contributed by atoms with E-state index in [1.165, 1.54) is 10.9 Å². The molecule has 0 spiro atoms. The van der Waals surface area contributed by atoms with E-state index in [1.807, 2.05) is 24.3 Å². The minimum atomic E-state index is -0.143. The summed E-state index contributed by atoms with van der Waals surface area (Å²) in [5.41, 5.74) is 5.56. The van der Waals surface area contributed by atoms with Crippen LogP contribution in [0.15, 0.2) is 48.7 Å². The van der Waals surface area contributed by atoms with Crippen molar-refractivity contribution in [2.24, 2.45) is 0 Å². The molecule has 3 N–H and O–H groups in total. The molecule has 4 aromatic rings. The number of carbonyl (C=O) groups excluding carboxylic acids is 1. The lowest BCUT2D eigenvalue weighted by atomic mass is 9.91. The van der Waals surface area contributed by atoms with Gasteiger partial charge in [-0.25, -0.2) is 0 Å². The fourth-order valence-electron chi connectivity index (χ4n) is 4.67. The number of para-hydroxylation sites is 1. The van der Waals surface area contributed by atoms with Crippen molar-refractivity contribution >= 4 is 16.8 Å². The second-order valence-corrected chi connectivity index (χ2v) is 8.00. The predicted octanol–water partition coefficient (Wildman–Crippen LogP) is 4.14. The molecule has 156 valence electrons. The van der Waals surface area contributed by atoms with Gasteiger partial charge in [-0.3, -0.25) is 9.89 Å². The van der Waals surface area contributed by atoms with Crippen LogP contribution in [0.3, 0.4) is 0 Å². The third-order valence-electron chi connectivity index (χ3n) is 6.13. The SMILES string of the molecule is O=C(N[C@@H]1CCCc2c1[nH]c1ccccc21)c1cn[nH]c1-c1ccc2c(c1)OCCO2. The maximum atomic E-state index is 13.2. The lowest BCUT2D eigenvalue weighted by Crippen LogP contribution is -2.31. The van der Waals surface area contributed by atoms with E-state index in [1.54, 1.807) is 6.20 Å². The van der Waals surface area contributed by atoms with Crippen LogP contribution in [0.5, 0.6) is 11.5 Å². The zero-order valence-corrected chi connectivity index (χ0v) is 16.9. The Bertz CT molecular complexity index is 1290. The van der Waals surface area contributed by atoms with Gasteiger partial charge in [0.2, 0.25) is 0 Å². The average Bonchev–Trinajstić information content (AvgIpc) is 3.44. The number of benzene rings is 2. The summed E-state index contributed by atoms with van der Waals surface area (Å²) in [5.74, 6) is 1.25. The van der Waals surface area contributed by atoms with Gasteiger partial charge >= 0.3 is 0 Å². The number of aryl methyl sites for hydroxylation is 1. The number of hydrogen-bond acceptors (Lipinski definition) is 4. The topological polar surface area (TPSA) is 92.0 Å². The molecule has 7 heteroatoms. The van der Waals surface area contributed by atoms with Crippen LogP contribution in [0.1, 0.15) is 40.5 Å². The molecule has 2 aliphatic rings. The number of H-pyrrole nitrogens is 2. The van der Waals surface area contributed by atoms with Crippen molar-refractivity contribution in [3.05, 3.63) is 65.5 Å². The maximum Gasteiger partial charge on any atom is 0.255 e. The Morgan fingerprint density at radius 3 is 2.90 bits per heavy atom.